The highest BCUT2D eigenvalue weighted by Crippen LogP contribution is 2.36. The molecular weight excluding hydrogens is 526 g/mol. The van der Waals surface area contributed by atoms with Gasteiger partial charge >= 0.3 is 12.2 Å². The lowest BCUT2D eigenvalue weighted by Crippen LogP contribution is -2.45. The van der Waals surface area contributed by atoms with Crippen LogP contribution in [0.5, 0.6) is 0 Å². The molecule has 0 aliphatic heterocycles. The summed E-state index contributed by atoms with van der Waals surface area (Å²) in [6.07, 6.45) is 5.46. The minimum atomic E-state index is -0.842. The number of aliphatic hydroxyl groups excluding tert-OH is 1. The zero-order chi connectivity index (χ0) is 31.0. The van der Waals surface area contributed by atoms with Crippen LogP contribution in [0, 0.1) is 5.41 Å². The molecule has 1 heterocycles. The molecule has 11 heteroatoms. The molecule has 1 aliphatic carbocycles. The number of ketones is 1. The number of amides is 2. The molecule has 41 heavy (non-hydrogen) atoms. The normalized spacial score (nSPS) is 16.6. The van der Waals surface area contributed by atoms with Crippen molar-refractivity contribution in [3.63, 3.8) is 0 Å². The number of allylic oxidation sites excluding steroid dienone is 2. The number of rotatable bonds is 8. The van der Waals surface area contributed by atoms with Gasteiger partial charge in [-0.3, -0.25) is 9.79 Å². The molecule has 2 amide bonds. The van der Waals surface area contributed by atoms with Crippen LogP contribution in [0.25, 0.3) is 0 Å². The zero-order valence-electron chi connectivity index (χ0n) is 26.1. The Balaban J connectivity index is 2.06. The molecule has 0 fully saturated rings. The lowest BCUT2D eigenvalue weighted by molar-refractivity contribution is -0.118. The number of hydrogen-bond acceptors (Lipinski definition) is 8. The van der Waals surface area contributed by atoms with E-state index in [1.807, 2.05) is 13.8 Å². The summed E-state index contributed by atoms with van der Waals surface area (Å²) in [5.74, 6) is 0.0474. The van der Waals surface area contributed by atoms with Crippen LogP contribution in [0.3, 0.4) is 0 Å². The van der Waals surface area contributed by atoms with Gasteiger partial charge in [0, 0.05) is 44.0 Å². The monoisotopic (exact) mass is 573 g/mol. The summed E-state index contributed by atoms with van der Waals surface area (Å²) in [4.78, 5) is 48.2. The molecule has 1 aromatic heterocycles. The summed E-state index contributed by atoms with van der Waals surface area (Å²) in [6, 6.07) is 1.66. The average Bonchev–Trinajstić information content (AvgIpc) is 3.30. The van der Waals surface area contributed by atoms with Crippen molar-refractivity contribution in [1.82, 2.24) is 14.7 Å². The summed E-state index contributed by atoms with van der Waals surface area (Å²) in [5, 5.41) is 14.6. The van der Waals surface area contributed by atoms with Gasteiger partial charge in [-0.25, -0.2) is 19.2 Å². The summed E-state index contributed by atoms with van der Waals surface area (Å²) in [6.45, 7) is 17.0. The van der Waals surface area contributed by atoms with Crippen molar-refractivity contribution in [2.75, 3.05) is 13.1 Å². The zero-order valence-corrected chi connectivity index (χ0v) is 26.1. The van der Waals surface area contributed by atoms with Crippen molar-refractivity contribution in [2.24, 2.45) is 15.4 Å². The van der Waals surface area contributed by atoms with Crippen LogP contribution in [0.1, 0.15) is 101 Å². The van der Waals surface area contributed by atoms with Crippen LogP contribution < -0.4 is 0 Å². The number of aliphatic imine (C=N–C) groups is 2. The highest BCUT2D eigenvalue weighted by Gasteiger charge is 2.34. The number of hydrogen-bond donors (Lipinski definition) is 1. The van der Waals surface area contributed by atoms with E-state index in [2.05, 4.69) is 15.1 Å². The van der Waals surface area contributed by atoms with Gasteiger partial charge in [0.25, 0.3) is 0 Å². The van der Waals surface area contributed by atoms with Gasteiger partial charge in [-0.2, -0.15) is 5.10 Å². The van der Waals surface area contributed by atoms with Crippen molar-refractivity contribution in [3.8, 4) is 0 Å². The molecule has 0 spiro atoms. The summed E-state index contributed by atoms with van der Waals surface area (Å²) >= 11 is 0. The predicted octanol–water partition coefficient (Wildman–Crippen LogP) is 6.48. The second-order valence-corrected chi connectivity index (χ2v) is 13.1. The van der Waals surface area contributed by atoms with Crippen molar-refractivity contribution in [1.29, 1.82) is 0 Å². The van der Waals surface area contributed by atoms with Crippen LogP contribution in [-0.4, -0.2) is 73.7 Å². The molecule has 0 aromatic carbocycles. The summed E-state index contributed by atoms with van der Waals surface area (Å²) in [5.41, 5.74) is -0.837. The minimum Gasteiger partial charge on any atom is -0.511 e. The van der Waals surface area contributed by atoms with Gasteiger partial charge in [0.2, 0.25) is 5.96 Å². The van der Waals surface area contributed by atoms with Gasteiger partial charge in [0.1, 0.15) is 17.0 Å². The van der Waals surface area contributed by atoms with Gasteiger partial charge in [0.15, 0.2) is 5.78 Å². The van der Waals surface area contributed by atoms with Gasteiger partial charge in [0.05, 0.1) is 5.57 Å². The van der Waals surface area contributed by atoms with Crippen molar-refractivity contribution in [2.45, 2.75) is 112 Å². The second kappa shape index (κ2) is 13.9. The molecule has 228 valence electrons. The van der Waals surface area contributed by atoms with E-state index in [-0.39, 0.29) is 29.5 Å². The molecule has 0 radical (unpaired) electrons. The first-order chi connectivity index (χ1) is 18.9. The Bertz CT molecular complexity index is 1170. The van der Waals surface area contributed by atoms with E-state index >= 15 is 0 Å². The average molecular weight is 574 g/mol. The third-order valence-electron chi connectivity index (χ3n) is 6.00. The first-order valence-corrected chi connectivity index (χ1v) is 14.2. The largest absolute Gasteiger partial charge is 0.511 e. The number of carbonyl (C=O) groups excluding carboxylic acids is 3. The Morgan fingerprint density at radius 2 is 1.68 bits per heavy atom. The standard InChI is InChI=1S/C30H47N5O6/c1-21(24-22(36)19-30(8,9)20-23(24)37)31-15-12-10-11-13-17-34(27(39)41-29(5,6)7)25(35-18-14-16-32-35)33-26(38)40-28(2,3)4/h14,16,18,36H,10-13,15,17,19-20H2,1-9H3. The third-order valence-corrected chi connectivity index (χ3v) is 6.00. The topological polar surface area (TPSA) is 136 Å². The van der Waals surface area contributed by atoms with Gasteiger partial charge in [-0.05, 0) is 72.8 Å². The second-order valence-electron chi connectivity index (χ2n) is 13.1. The molecule has 0 unspecified atom stereocenters. The highest BCUT2D eigenvalue weighted by atomic mass is 16.6. The maximum Gasteiger partial charge on any atom is 0.437 e. The van der Waals surface area contributed by atoms with E-state index < -0.39 is 23.4 Å². The minimum absolute atomic E-state index is 0.00728. The van der Waals surface area contributed by atoms with Gasteiger partial charge in [-0.1, -0.05) is 26.7 Å². The molecule has 1 aliphatic rings. The van der Waals surface area contributed by atoms with Crippen molar-refractivity contribution in [3.05, 3.63) is 29.8 Å². The predicted molar refractivity (Wildman–Crippen MR) is 158 cm³/mol. The number of Topliss-reactive ketones (excluding diaryl/α,β-unsaturated/α-hetero) is 1. The molecule has 0 atom stereocenters. The molecule has 11 nitrogen and oxygen atoms in total. The van der Waals surface area contributed by atoms with Crippen molar-refractivity contribution >= 4 is 29.6 Å². The Labute approximate surface area is 243 Å². The summed E-state index contributed by atoms with van der Waals surface area (Å²) in [7, 11) is 0. The van der Waals surface area contributed by atoms with Crippen LogP contribution in [-0.2, 0) is 14.3 Å². The first kappa shape index (κ1) is 33.7. The molecule has 0 saturated heterocycles. The van der Waals surface area contributed by atoms with E-state index in [1.54, 1.807) is 60.7 Å². The molecular formula is C30H47N5O6. The lowest BCUT2D eigenvalue weighted by Gasteiger charge is -2.29. The van der Waals surface area contributed by atoms with Crippen LogP contribution in [0.2, 0.25) is 0 Å². The maximum atomic E-state index is 13.2. The molecule has 1 N–H and O–H groups in total. The van der Waals surface area contributed by atoms with Crippen LogP contribution in [0.4, 0.5) is 9.59 Å². The number of carbonyl (C=O) groups is 3. The first-order valence-electron chi connectivity index (χ1n) is 14.2. The fourth-order valence-corrected chi connectivity index (χ4v) is 4.34. The molecule has 0 saturated carbocycles. The van der Waals surface area contributed by atoms with Gasteiger partial charge in [-0.15, -0.1) is 4.99 Å². The van der Waals surface area contributed by atoms with E-state index in [9.17, 15) is 19.5 Å². The number of nitrogens with zero attached hydrogens (tertiary/aromatic N) is 5. The highest BCUT2D eigenvalue weighted by molar-refractivity contribution is 6.22. The van der Waals surface area contributed by atoms with E-state index in [1.165, 1.54) is 15.8 Å². The van der Waals surface area contributed by atoms with Crippen LogP contribution in [0.15, 0.2) is 39.8 Å². The van der Waals surface area contributed by atoms with E-state index in [4.69, 9.17) is 9.47 Å². The van der Waals surface area contributed by atoms with E-state index in [0.29, 0.717) is 37.1 Å². The molecule has 1 aromatic rings. The summed E-state index contributed by atoms with van der Waals surface area (Å²) < 4.78 is 12.3. The van der Waals surface area contributed by atoms with Crippen molar-refractivity contribution < 1.29 is 29.0 Å². The third kappa shape index (κ3) is 11.5. The number of ether oxygens (including phenoxy) is 2. The maximum absolute atomic E-state index is 13.2. The Morgan fingerprint density at radius 1 is 1.05 bits per heavy atom. The number of aliphatic hydroxyl groups is 1. The molecule has 2 rings (SSSR count). The smallest absolute Gasteiger partial charge is 0.437 e. The number of unbranched alkanes of at least 4 members (excludes halogenated alkanes) is 3. The lowest BCUT2D eigenvalue weighted by atomic mass is 9.76. The van der Waals surface area contributed by atoms with Gasteiger partial charge < -0.3 is 14.6 Å². The van der Waals surface area contributed by atoms with Crippen LogP contribution >= 0.6 is 0 Å². The quantitative estimate of drug-likeness (QED) is 0.213. The van der Waals surface area contributed by atoms with E-state index in [0.717, 1.165) is 19.3 Å². The Morgan fingerprint density at radius 3 is 2.24 bits per heavy atom. The molecule has 0 bridgehead atoms. The SMILES string of the molecule is CC(=NCCCCCCN(C(=O)OC(C)(C)C)C(=NC(=O)OC(C)(C)C)n1cccn1)C1=C(O)CC(C)(C)CC1=O. The fourth-order valence-electron chi connectivity index (χ4n) is 4.34. The Hall–Kier alpha value is -3.50. The fraction of sp³-hybridized carbons (Fsp3) is 0.667. The number of aromatic nitrogens is 2. The Kier molecular flexibility index (Phi) is 11.4.